The van der Waals surface area contributed by atoms with Crippen molar-refractivity contribution >= 4 is 45.9 Å². The van der Waals surface area contributed by atoms with Crippen LogP contribution >= 0.6 is 34.9 Å². The van der Waals surface area contributed by atoms with Crippen LogP contribution in [-0.4, -0.2) is 21.4 Å². The van der Waals surface area contributed by atoms with E-state index in [0.717, 1.165) is 15.0 Å². The van der Waals surface area contributed by atoms with Crippen LogP contribution in [0.4, 0.5) is 5.13 Å². The lowest BCUT2D eigenvalue weighted by molar-refractivity contribution is -0.115. The Balaban J connectivity index is 1.51. The van der Waals surface area contributed by atoms with Crippen molar-refractivity contribution in [3.63, 3.8) is 0 Å². The highest BCUT2D eigenvalue weighted by atomic mass is 32.2. The molecule has 128 valence electrons. The zero-order valence-corrected chi connectivity index (χ0v) is 16.0. The molecule has 3 aromatic rings. The third-order valence-electron chi connectivity index (χ3n) is 3.27. The fourth-order valence-corrected chi connectivity index (χ4v) is 4.60. The van der Waals surface area contributed by atoms with E-state index in [9.17, 15) is 4.79 Å². The molecule has 1 amide bonds. The van der Waals surface area contributed by atoms with E-state index >= 15 is 0 Å². The minimum absolute atomic E-state index is 0.0652. The monoisotopic (exact) mass is 387 g/mol. The largest absolute Gasteiger partial charge is 0.300 e. The van der Waals surface area contributed by atoms with Gasteiger partial charge < -0.3 is 0 Å². The summed E-state index contributed by atoms with van der Waals surface area (Å²) in [5.41, 5.74) is 1.24. The molecule has 0 aliphatic rings. The van der Waals surface area contributed by atoms with Crippen molar-refractivity contribution in [2.24, 2.45) is 0 Å². The van der Waals surface area contributed by atoms with Gasteiger partial charge in [-0.1, -0.05) is 71.6 Å². The van der Waals surface area contributed by atoms with Crippen LogP contribution in [0.15, 0.2) is 69.9 Å². The van der Waals surface area contributed by atoms with E-state index in [2.05, 4.69) is 27.6 Å². The topological polar surface area (TPSA) is 54.9 Å². The molecule has 0 aliphatic carbocycles. The van der Waals surface area contributed by atoms with Gasteiger partial charge in [-0.2, -0.15) is 0 Å². The molecule has 1 N–H and O–H groups in total. The van der Waals surface area contributed by atoms with E-state index in [0.29, 0.717) is 5.13 Å². The van der Waals surface area contributed by atoms with Gasteiger partial charge in [-0.3, -0.25) is 10.1 Å². The van der Waals surface area contributed by atoms with Crippen molar-refractivity contribution in [3.8, 4) is 0 Å². The number of benzene rings is 2. The average molecular weight is 388 g/mol. The first kappa shape index (κ1) is 18.0. The van der Waals surface area contributed by atoms with Crippen LogP contribution in [-0.2, 0) is 10.5 Å². The smallest absolute Gasteiger partial charge is 0.239 e. The van der Waals surface area contributed by atoms with Crippen molar-refractivity contribution < 1.29 is 4.79 Å². The van der Waals surface area contributed by atoms with E-state index in [4.69, 9.17) is 0 Å². The molecule has 0 saturated heterocycles. The second-order valence-corrected chi connectivity index (χ2v) is 8.82. The van der Waals surface area contributed by atoms with Gasteiger partial charge in [0.05, 0.1) is 5.25 Å². The van der Waals surface area contributed by atoms with E-state index in [1.807, 2.05) is 55.5 Å². The Morgan fingerprint density at radius 2 is 1.76 bits per heavy atom. The van der Waals surface area contributed by atoms with Gasteiger partial charge in [0.2, 0.25) is 11.0 Å². The molecule has 3 rings (SSSR count). The number of thioether (sulfide) groups is 2. The first-order chi connectivity index (χ1) is 12.2. The van der Waals surface area contributed by atoms with Gasteiger partial charge in [0.15, 0.2) is 4.34 Å². The summed E-state index contributed by atoms with van der Waals surface area (Å²) in [5, 5.41) is 11.4. The summed E-state index contributed by atoms with van der Waals surface area (Å²) in [6, 6.07) is 20.1. The molecule has 0 unspecified atom stereocenters. The Labute approximate surface area is 159 Å². The Kier molecular flexibility index (Phi) is 6.49. The molecule has 0 fully saturated rings. The van der Waals surface area contributed by atoms with Crippen LogP contribution in [0.1, 0.15) is 12.5 Å². The maximum atomic E-state index is 12.3. The fraction of sp³-hybridized carbons (Fsp3) is 0.167. The van der Waals surface area contributed by atoms with E-state index < -0.39 is 0 Å². The predicted molar refractivity (Wildman–Crippen MR) is 106 cm³/mol. The van der Waals surface area contributed by atoms with E-state index in [1.54, 1.807) is 11.8 Å². The number of aromatic nitrogens is 2. The van der Waals surface area contributed by atoms with Crippen molar-refractivity contribution in [2.45, 2.75) is 27.2 Å². The Hall–Kier alpha value is -1.83. The molecule has 0 saturated carbocycles. The summed E-state index contributed by atoms with van der Waals surface area (Å²) < 4.78 is 0.850. The minimum Gasteiger partial charge on any atom is -0.300 e. The Morgan fingerprint density at radius 3 is 2.48 bits per heavy atom. The lowest BCUT2D eigenvalue weighted by atomic mass is 10.2. The van der Waals surface area contributed by atoms with Gasteiger partial charge in [0.25, 0.3) is 0 Å². The summed E-state index contributed by atoms with van der Waals surface area (Å²) in [5.74, 6) is 0.772. The number of carbonyl (C=O) groups excluding carboxylic acids is 1. The van der Waals surface area contributed by atoms with Crippen molar-refractivity contribution in [2.75, 3.05) is 5.32 Å². The maximum Gasteiger partial charge on any atom is 0.239 e. The molecular formula is C18H17N3OS3. The highest BCUT2D eigenvalue weighted by Gasteiger charge is 2.16. The van der Waals surface area contributed by atoms with Gasteiger partial charge in [-0.25, -0.2) is 0 Å². The lowest BCUT2D eigenvalue weighted by Gasteiger charge is -2.09. The van der Waals surface area contributed by atoms with Gasteiger partial charge >= 0.3 is 0 Å². The summed E-state index contributed by atoms with van der Waals surface area (Å²) in [6.45, 7) is 1.89. The molecule has 0 radical (unpaired) electrons. The molecular weight excluding hydrogens is 370 g/mol. The maximum absolute atomic E-state index is 12.3. The Bertz CT molecular complexity index is 809. The standard InChI is InChI=1S/C18H17N3OS3/c1-13(24-15-10-6-3-7-11-15)16(22)19-17-20-21-18(25-17)23-12-14-8-4-2-5-9-14/h2-11,13H,12H2,1H3,(H,19,20,22)/t13-/m0/s1. The minimum atomic E-state index is -0.202. The SMILES string of the molecule is C[C@H](Sc1ccccc1)C(=O)Nc1nnc(SCc2ccccc2)s1. The van der Waals surface area contributed by atoms with Gasteiger partial charge in [-0.05, 0) is 24.6 Å². The van der Waals surface area contributed by atoms with Gasteiger partial charge in [-0.15, -0.1) is 22.0 Å². The Morgan fingerprint density at radius 1 is 1.08 bits per heavy atom. The molecule has 0 aliphatic heterocycles. The van der Waals surface area contributed by atoms with Gasteiger partial charge in [0, 0.05) is 10.6 Å². The van der Waals surface area contributed by atoms with E-state index in [1.165, 1.54) is 28.7 Å². The predicted octanol–water partition coefficient (Wildman–Crippen LogP) is 4.95. The number of carbonyl (C=O) groups is 1. The molecule has 1 aromatic heterocycles. The molecule has 0 spiro atoms. The van der Waals surface area contributed by atoms with E-state index in [-0.39, 0.29) is 11.2 Å². The number of nitrogens with one attached hydrogen (secondary N) is 1. The average Bonchev–Trinajstić information content (AvgIpc) is 3.09. The zero-order chi connectivity index (χ0) is 17.5. The fourth-order valence-electron chi connectivity index (χ4n) is 2.00. The third kappa shape index (κ3) is 5.59. The van der Waals surface area contributed by atoms with Crippen LogP contribution in [0, 0.1) is 0 Å². The molecule has 2 aromatic carbocycles. The number of hydrogen-bond donors (Lipinski definition) is 1. The lowest BCUT2D eigenvalue weighted by Crippen LogP contribution is -2.22. The number of anilines is 1. The summed E-state index contributed by atoms with van der Waals surface area (Å²) in [6.07, 6.45) is 0. The molecule has 1 atom stereocenters. The first-order valence-electron chi connectivity index (χ1n) is 7.73. The number of amides is 1. The quantitative estimate of drug-likeness (QED) is 0.459. The number of nitrogens with zero attached hydrogens (tertiary/aromatic N) is 2. The van der Waals surface area contributed by atoms with Crippen molar-refractivity contribution in [1.82, 2.24) is 10.2 Å². The number of hydrogen-bond acceptors (Lipinski definition) is 6. The second kappa shape index (κ2) is 9.03. The van der Waals surface area contributed by atoms with Crippen LogP contribution in [0.3, 0.4) is 0 Å². The molecule has 0 bridgehead atoms. The first-order valence-corrected chi connectivity index (χ1v) is 10.4. The highest BCUT2D eigenvalue weighted by molar-refractivity contribution is 8.00. The van der Waals surface area contributed by atoms with Crippen molar-refractivity contribution in [3.05, 3.63) is 66.2 Å². The molecule has 7 heteroatoms. The second-order valence-electron chi connectivity index (χ2n) is 5.21. The summed E-state index contributed by atoms with van der Waals surface area (Å²) in [7, 11) is 0. The van der Waals surface area contributed by atoms with Crippen LogP contribution < -0.4 is 5.32 Å². The van der Waals surface area contributed by atoms with Crippen LogP contribution in [0.5, 0.6) is 0 Å². The normalized spacial score (nSPS) is 11.9. The molecule has 4 nitrogen and oxygen atoms in total. The van der Waals surface area contributed by atoms with Gasteiger partial charge in [0.1, 0.15) is 0 Å². The molecule has 25 heavy (non-hydrogen) atoms. The highest BCUT2D eigenvalue weighted by Crippen LogP contribution is 2.29. The summed E-state index contributed by atoms with van der Waals surface area (Å²) >= 11 is 4.55. The summed E-state index contributed by atoms with van der Waals surface area (Å²) in [4.78, 5) is 13.4. The van der Waals surface area contributed by atoms with Crippen molar-refractivity contribution in [1.29, 1.82) is 0 Å². The van der Waals surface area contributed by atoms with Crippen LogP contribution in [0.2, 0.25) is 0 Å². The third-order valence-corrected chi connectivity index (χ3v) is 6.42. The zero-order valence-electron chi connectivity index (χ0n) is 13.6. The number of rotatable bonds is 7. The van der Waals surface area contributed by atoms with Crippen LogP contribution in [0.25, 0.3) is 0 Å². The molecule has 1 heterocycles.